The first-order valence-corrected chi connectivity index (χ1v) is 6.18. The second kappa shape index (κ2) is 5.33. The van der Waals surface area contributed by atoms with E-state index in [-0.39, 0.29) is 12.4 Å². The zero-order valence-corrected chi connectivity index (χ0v) is 11.4. The zero-order chi connectivity index (χ0) is 11.7. The SMILES string of the molecule is Cc1cc2c(Nc3ccccc3)ncnc2s1.Cl. The summed E-state index contributed by atoms with van der Waals surface area (Å²) in [4.78, 5) is 10.8. The summed E-state index contributed by atoms with van der Waals surface area (Å²) in [6.45, 7) is 2.08. The lowest BCUT2D eigenvalue weighted by molar-refractivity contribution is 1.23. The molecule has 2 heterocycles. The lowest BCUT2D eigenvalue weighted by Gasteiger charge is -2.05. The Bertz CT molecular complexity index is 652. The number of rotatable bonds is 2. The van der Waals surface area contributed by atoms with Gasteiger partial charge in [-0.1, -0.05) is 18.2 Å². The molecule has 5 heteroatoms. The Morgan fingerprint density at radius 1 is 1.11 bits per heavy atom. The third kappa shape index (κ3) is 2.44. The number of aryl methyl sites for hydroxylation is 1. The highest BCUT2D eigenvalue weighted by molar-refractivity contribution is 7.18. The van der Waals surface area contributed by atoms with Crippen LogP contribution in [-0.2, 0) is 0 Å². The van der Waals surface area contributed by atoms with Gasteiger partial charge in [-0.05, 0) is 25.1 Å². The first-order valence-electron chi connectivity index (χ1n) is 5.36. The first-order chi connectivity index (χ1) is 8.33. The number of aromatic nitrogens is 2. The Morgan fingerprint density at radius 3 is 2.67 bits per heavy atom. The summed E-state index contributed by atoms with van der Waals surface area (Å²) in [6, 6.07) is 12.2. The molecule has 2 aromatic heterocycles. The van der Waals surface area contributed by atoms with Gasteiger partial charge in [0.1, 0.15) is 17.0 Å². The van der Waals surface area contributed by atoms with Crippen molar-refractivity contribution in [2.75, 3.05) is 5.32 Å². The van der Waals surface area contributed by atoms with Crippen molar-refractivity contribution in [2.45, 2.75) is 6.92 Å². The molecule has 0 bridgehead atoms. The summed E-state index contributed by atoms with van der Waals surface area (Å²) in [5.41, 5.74) is 1.04. The first kappa shape index (κ1) is 12.8. The Kier molecular flexibility index (Phi) is 3.79. The number of anilines is 2. The van der Waals surface area contributed by atoms with Crippen molar-refractivity contribution in [1.29, 1.82) is 0 Å². The standard InChI is InChI=1S/C13H11N3S.ClH/c1-9-7-11-12(14-8-15-13(11)17-9)16-10-5-3-2-4-6-10;/h2-8H,1H3,(H,14,15,16);1H. The topological polar surface area (TPSA) is 37.8 Å². The van der Waals surface area contributed by atoms with Crippen LogP contribution in [0.1, 0.15) is 4.88 Å². The Labute approximate surface area is 115 Å². The van der Waals surface area contributed by atoms with Gasteiger partial charge in [0.15, 0.2) is 0 Å². The molecule has 0 aliphatic heterocycles. The van der Waals surface area contributed by atoms with Gasteiger partial charge in [-0.2, -0.15) is 0 Å². The molecule has 0 aliphatic carbocycles. The van der Waals surface area contributed by atoms with E-state index in [0.717, 1.165) is 21.7 Å². The van der Waals surface area contributed by atoms with E-state index in [1.165, 1.54) is 4.88 Å². The van der Waals surface area contributed by atoms with E-state index in [0.29, 0.717) is 0 Å². The van der Waals surface area contributed by atoms with Crippen LogP contribution in [0.25, 0.3) is 10.2 Å². The lowest BCUT2D eigenvalue weighted by atomic mass is 10.3. The van der Waals surface area contributed by atoms with Gasteiger partial charge in [0.2, 0.25) is 0 Å². The van der Waals surface area contributed by atoms with Crippen LogP contribution in [0.15, 0.2) is 42.7 Å². The molecule has 0 unspecified atom stereocenters. The van der Waals surface area contributed by atoms with Crippen molar-refractivity contribution in [2.24, 2.45) is 0 Å². The summed E-state index contributed by atoms with van der Waals surface area (Å²) < 4.78 is 0. The minimum absolute atomic E-state index is 0. The van der Waals surface area contributed by atoms with Crippen molar-refractivity contribution < 1.29 is 0 Å². The van der Waals surface area contributed by atoms with Crippen molar-refractivity contribution in [1.82, 2.24) is 9.97 Å². The number of thiophene rings is 1. The van der Waals surface area contributed by atoms with Crippen LogP contribution in [0.4, 0.5) is 11.5 Å². The molecule has 3 aromatic rings. The number of halogens is 1. The molecule has 92 valence electrons. The van der Waals surface area contributed by atoms with Gasteiger partial charge in [0.05, 0.1) is 5.39 Å². The maximum atomic E-state index is 4.30. The van der Waals surface area contributed by atoms with Crippen molar-refractivity contribution >= 4 is 45.5 Å². The number of nitrogens with zero attached hydrogens (tertiary/aromatic N) is 2. The van der Waals surface area contributed by atoms with E-state index < -0.39 is 0 Å². The number of benzene rings is 1. The van der Waals surface area contributed by atoms with Crippen molar-refractivity contribution in [3.63, 3.8) is 0 Å². The smallest absolute Gasteiger partial charge is 0.142 e. The van der Waals surface area contributed by atoms with E-state index in [9.17, 15) is 0 Å². The van der Waals surface area contributed by atoms with Gasteiger partial charge in [0, 0.05) is 10.6 Å². The van der Waals surface area contributed by atoms with Crippen molar-refractivity contribution in [3.8, 4) is 0 Å². The van der Waals surface area contributed by atoms with Gasteiger partial charge >= 0.3 is 0 Å². The molecule has 0 aliphatic rings. The second-order valence-corrected chi connectivity index (χ2v) is 5.02. The molecule has 3 nitrogen and oxygen atoms in total. The number of para-hydroxylation sites is 1. The highest BCUT2D eigenvalue weighted by Crippen LogP contribution is 2.29. The molecule has 0 fully saturated rings. The van der Waals surface area contributed by atoms with Gasteiger partial charge in [-0.3, -0.25) is 0 Å². The van der Waals surface area contributed by atoms with Gasteiger partial charge < -0.3 is 5.32 Å². The molecule has 0 saturated heterocycles. The highest BCUT2D eigenvalue weighted by Gasteiger charge is 2.06. The molecular weight excluding hydrogens is 266 g/mol. The molecule has 0 spiro atoms. The van der Waals surface area contributed by atoms with E-state index in [1.807, 2.05) is 30.3 Å². The van der Waals surface area contributed by atoms with Crippen LogP contribution in [0.2, 0.25) is 0 Å². The van der Waals surface area contributed by atoms with E-state index >= 15 is 0 Å². The Hall–Kier alpha value is -1.65. The Morgan fingerprint density at radius 2 is 1.89 bits per heavy atom. The number of hydrogen-bond acceptors (Lipinski definition) is 4. The van der Waals surface area contributed by atoms with Crippen molar-refractivity contribution in [3.05, 3.63) is 47.6 Å². The van der Waals surface area contributed by atoms with Crippen LogP contribution in [0, 0.1) is 6.92 Å². The fourth-order valence-corrected chi connectivity index (χ4v) is 2.58. The highest BCUT2D eigenvalue weighted by atomic mass is 35.5. The average Bonchev–Trinajstić information content (AvgIpc) is 2.72. The van der Waals surface area contributed by atoms with Crippen LogP contribution in [0.5, 0.6) is 0 Å². The van der Waals surface area contributed by atoms with Gasteiger partial charge in [0.25, 0.3) is 0 Å². The Balaban J connectivity index is 0.00000120. The minimum Gasteiger partial charge on any atom is -0.340 e. The second-order valence-electron chi connectivity index (χ2n) is 3.79. The van der Waals surface area contributed by atoms with Gasteiger partial charge in [-0.25, -0.2) is 9.97 Å². The monoisotopic (exact) mass is 277 g/mol. The number of nitrogens with one attached hydrogen (secondary N) is 1. The maximum Gasteiger partial charge on any atom is 0.142 e. The molecule has 1 N–H and O–H groups in total. The lowest BCUT2D eigenvalue weighted by Crippen LogP contribution is -1.93. The third-order valence-electron chi connectivity index (χ3n) is 2.49. The summed E-state index contributed by atoms with van der Waals surface area (Å²) >= 11 is 1.69. The molecule has 18 heavy (non-hydrogen) atoms. The van der Waals surface area contributed by atoms with E-state index in [1.54, 1.807) is 17.7 Å². The summed E-state index contributed by atoms with van der Waals surface area (Å²) in [5, 5.41) is 4.40. The normalized spacial score (nSPS) is 10.1. The molecule has 0 amide bonds. The maximum absolute atomic E-state index is 4.30. The van der Waals surface area contributed by atoms with Gasteiger partial charge in [-0.15, -0.1) is 23.7 Å². The molecule has 3 rings (SSSR count). The number of hydrogen-bond donors (Lipinski definition) is 1. The fourth-order valence-electron chi connectivity index (χ4n) is 1.73. The number of fused-ring (bicyclic) bond motifs is 1. The predicted molar refractivity (Wildman–Crippen MR) is 79.1 cm³/mol. The van der Waals surface area contributed by atoms with E-state index in [4.69, 9.17) is 0 Å². The molecular formula is C13H12ClN3S. The largest absolute Gasteiger partial charge is 0.340 e. The van der Waals surface area contributed by atoms with Crippen LogP contribution in [-0.4, -0.2) is 9.97 Å². The predicted octanol–water partition coefficient (Wildman–Crippen LogP) is 4.17. The fraction of sp³-hybridized carbons (Fsp3) is 0.0769. The quantitative estimate of drug-likeness (QED) is 0.764. The van der Waals surface area contributed by atoms with Crippen LogP contribution < -0.4 is 5.32 Å². The zero-order valence-electron chi connectivity index (χ0n) is 9.75. The van der Waals surface area contributed by atoms with Crippen LogP contribution >= 0.6 is 23.7 Å². The average molecular weight is 278 g/mol. The molecule has 0 radical (unpaired) electrons. The molecule has 0 atom stereocenters. The minimum atomic E-state index is 0. The molecule has 0 saturated carbocycles. The summed E-state index contributed by atoms with van der Waals surface area (Å²) in [5.74, 6) is 0.866. The third-order valence-corrected chi connectivity index (χ3v) is 3.45. The van der Waals surface area contributed by atoms with Crippen LogP contribution in [0.3, 0.4) is 0 Å². The summed E-state index contributed by atoms with van der Waals surface area (Å²) in [6.07, 6.45) is 1.60. The summed E-state index contributed by atoms with van der Waals surface area (Å²) in [7, 11) is 0. The van der Waals surface area contributed by atoms with E-state index in [2.05, 4.69) is 28.3 Å². The molecule has 1 aromatic carbocycles.